The van der Waals surface area contributed by atoms with Gasteiger partial charge >= 0.3 is 0 Å². The lowest BCUT2D eigenvalue weighted by Gasteiger charge is -2.11. The van der Waals surface area contributed by atoms with Crippen LogP contribution in [0, 0.1) is 0 Å². The van der Waals surface area contributed by atoms with Gasteiger partial charge in [0.2, 0.25) is 0 Å². The molecule has 10 aromatic rings. The fourth-order valence-electron chi connectivity index (χ4n) is 7.10. The average Bonchev–Trinajstić information content (AvgIpc) is 3.70. The van der Waals surface area contributed by atoms with Crippen LogP contribution in [0.25, 0.3) is 92.3 Å². The summed E-state index contributed by atoms with van der Waals surface area (Å²) < 4.78 is 4.66. The van der Waals surface area contributed by atoms with Crippen LogP contribution in [-0.2, 0) is 0 Å². The van der Waals surface area contributed by atoms with Crippen LogP contribution in [0.5, 0.6) is 0 Å². The zero-order chi connectivity index (χ0) is 31.6. The fourth-order valence-corrected chi connectivity index (χ4v) is 8.29. The molecule has 0 spiro atoms. The van der Waals surface area contributed by atoms with Gasteiger partial charge in [0.15, 0.2) is 5.82 Å². The molecule has 0 unspecified atom stereocenters. The lowest BCUT2D eigenvalue weighted by molar-refractivity contribution is 1.17. The first-order valence-electron chi connectivity index (χ1n) is 16.2. The van der Waals surface area contributed by atoms with Gasteiger partial charge in [-0.1, -0.05) is 127 Å². The highest BCUT2D eigenvalue weighted by Crippen LogP contribution is 2.42. The second-order valence-corrected chi connectivity index (χ2v) is 13.3. The largest absolute Gasteiger partial charge is 0.309 e. The molecular weight excluding hydrogens is 603 g/mol. The standard InChI is InChI=1S/C44H27N3S/c1-2-11-28(12-3-1)31-23-24-37-40(27-31)48-43-41(32-22-21-29-13-4-5-14-30(29)25-32)45-44(46-42(37)43)33-15-10-16-34(26-33)47-38-19-8-6-17-35(38)36-18-7-9-20-39(36)47/h1-27H. The summed E-state index contributed by atoms with van der Waals surface area (Å²) in [6.07, 6.45) is 0. The van der Waals surface area contributed by atoms with Crippen LogP contribution in [0.15, 0.2) is 164 Å². The van der Waals surface area contributed by atoms with Gasteiger partial charge in [0.1, 0.15) is 0 Å². The SMILES string of the molecule is c1ccc(-c2ccc3c(c2)sc2c(-c4ccc5ccccc5c4)nc(-c4cccc(-n5c6ccccc6c6ccccc65)c4)nc23)cc1. The molecule has 0 aliphatic rings. The van der Waals surface area contributed by atoms with Crippen LogP contribution in [0.4, 0.5) is 0 Å². The van der Waals surface area contributed by atoms with Crippen molar-refractivity contribution in [3.05, 3.63) is 164 Å². The molecule has 0 atom stereocenters. The fraction of sp³-hybridized carbons (Fsp3) is 0. The number of hydrogen-bond donors (Lipinski definition) is 0. The first-order valence-corrected chi connectivity index (χ1v) is 17.0. The molecule has 0 bridgehead atoms. The van der Waals surface area contributed by atoms with E-state index in [1.807, 2.05) is 0 Å². The van der Waals surface area contributed by atoms with Crippen molar-refractivity contribution < 1.29 is 0 Å². The van der Waals surface area contributed by atoms with Crippen molar-refractivity contribution in [3.8, 4) is 39.5 Å². The minimum Gasteiger partial charge on any atom is -0.309 e. The van der Waals surface area contributed by atoms with Crippen molar-refractivity contribution in [2.24, 2.45) is 0 Å². The van der Waals surface area contributed by atoms with Crippen molar-refractivity contribution in [2.45, 2.75) is 0 Å². The molecule has 3 nitrogen and oxygen atoms in total. The molecule has 0 aliphatic carbocycles. The Bertz CT molecular complexity index is 2790. The average molecular weight is 630 g/mol. The van der Waals surface area contributed by atoms with Crippen LogP contribution in [-0.4, -0.2) is 14.5 Å². The zero-order valence-corrected chi connectivity index (χ0v) is 26.7. The van der Waals surface area contributed by atoms with Crippen molar-refractivity contribution in [3.63, 3.8) is 0 Å². The van der Waals surface area contributed by atoms with E-state index in [1.165, 1.54) is 48.4 Å². The summed E-state index contributed by atoms with van der Waals surface area (Å²) in [4.78, 5) is 10.7. The molecule has 7 aromatic carbocycles. The number of rotatable bonds is 4. The molecular formula is C44H27N3S. The number of fused-ring (bicyclic) bond motifs is 7. The van der Waals surface area contributed by atoms with Gasteiger partial charge < -0.3 is 4.57 Å². The first-order chi connectivity index (χ1) is 23.8. The summed E-state index contributed by atoms with van der Waals surface area (Å²) in [5.74, 6) is 0.722. The minimum atomic E-state index is 0.722. The summed E-state index contributed by atoms with van der Waals surface area (Å²) in [6.45, 7) is 0. The molecule has 3 aromatic heterocycles. The summed E-state index contributed by atoms with van der Waals surface area (Å²) in [5.41, 5.74) is 9.90. The van der Waals surface area contributed by atoms with E-state index in [-0.39, 0.29) is 0 Å². The van der Waals surface area contributed by atoms with Gasteiger partial charge in [0.05, 0.1) is 26.9 Å². The van der Waals surface area contributed by atoms with Crippen molar-refractivity contribution in [1.29, 1.82) is 0 Å². The van der Waals surface area contributed by atoms with E-state index in [0.717, 1.165) is 43.9 Å². The number of hydrogen-bond acceptors (Lipinski definition) is 3. The summed E-state index contributed by atoms with van der Waals surface area (Å²) in [5, 5.41) is 6.06. The third-order valence-corrected chi connectivity index (χ3v) is 10.5. The third kappa shape index (κ3) is 4.27. The van der Waals surface area contributed by atoms with Gasteiger partial charge in [-0.05, 0) is 58.3 Å². The Morgan fingerprint density at radius 2 is 1.12 bits per heavy atom. The van der Waals surface area contributed by atoms with Gasteiger partial charge in [0.25, 0.3) is 0 Å². The molecule has 0 saturated carbocycles. The van der Waals surface area contributed by atoms with Crippen molar-refractivity contribution in [1.82, 2.24) is 14.5 Å². The molecule has 4 heteroatoms. The van der Waals surface area contributed by atoms with Crippen LogP contribution in [0.3, 0.4) is 0 Å². The Morgan fingerprint density at radius 3 is 1.94 bits per heavy atom. The molecule has 0 radical (unpaired) electrons. The highest BCUT2D eigenvalue weighted by atomic mass is 32.1. The van der Waals surface area contributed by atoms with Gasteiger partial charge in [-0.25, -0.2) is 9.97 Å². The molecule has 10 rings (SSSR count). The third-order valence-electron chi connectivity index (χ3n) is 9.39. The van der Waals surface area contributed by atoms with Gasteiger partial charge in [-0.2, -0.15) is 0 Å². The lowest BCUT2D eigenvalue weighted by Crippen LogP contribution is -1.97. The molecule has 48 heavy (non-hydrogen) atoms. The molecule has 224 valence electrons. The maximum atomic E-state index is 5.36. The number of benzene rings is 7. The summed E-state index contributed by atoms with van der Waals surface area (Å²) in [7, 11) is 0. The molecule has 0 saturated heterocycles. The first kappa shape index (κ1) is 27.1. The predicted octanol–water partition coefficient (Wildman–Crippen LogP) is 12.1. The Kier molecular flexibility index (Phi) is 6.05. The Morgan fingerprint density at radius 1 is 0.438 bits per heavy atom. The second-order valence-electron chi connectivity index (χ2n) is 12.2. The molecule has 3 heterocycles. The van der Waals surface area contributed by atoms with E-state index in [9.17, 15) is 0 Å². The van der Waals surface area contributed by atoms with Crippen molar-refractivity contribution >= 4 is 64.2 Å². The second kappa shape index (κ2) is 10.7. The molecule has 0 aliphatic heterocycles. The molecule has 0 N–H and O–H groups in total. The van der Waals surface area contributed by atoms with E-state index in [1.54, 1.807) is 11.3 Å². The zero-order valence-electron chi connectivity index (χ0n) is 25.8. The predicted molar refractivity (Wildman–Crippen MR) is 203 cm³/mol. The Balaban J connectivity index is 1.21. The quantitative estimate of drug-likeness (QED) is 0.194. The van der Waals surface area contributed by atoms with Gasteiger partial charge in [0, 0.05) is 37.7 Å². The minimum absolute atomic E-state index is 0.722. The molecule has 0 amide bonds. The number of para-hydroxylation sites is 2. The highest BCUT2D eigenvalue weighted by molar-refractivity contribution is 7.26. The topological polar surface area (TPSA) is 30.7 Å². The van der Waals surface area contributed by atoms with Crippen LogP contribution in [0.1, 0.15) is 0 Å². The van der Waals surface area contributed by atoms with Gasteiger partial charge in [-0.3, -0.25) is 0 Å². The number of aromatic nitrogens is 3. The van der Waals surface area contributed by atoms with Gasteiger partial charge in [-0.15, -0.1) is 11.3 Å². The maximum absolute atomic E-state index is 5.36. The number of nitrogens with zero attached hydrogens (tertiary/aromatic N) is 3. The Hall–Kier alpha value is -6.10. The van der Waals surface area contributed by atoms with E-state index < -0.39 is 0 Å². The highest BCUT2D eigenvalue weighted by Gasteiger charge is 2.19. The monoisotopic (exact) mass is 629 g/mol. The van der Waals surface area contributed by atoms with Crippen LogP contribution < -0.4 is 0 Å². The summed E-state index contributed by atoms with van der Waals surface area (Å²) in [6, 6.07) is 58.4. The van der Waals surface area contributed by atoms with E-state index in [2.05, 4.69) is 168 Å². The number of thiophene rings is 1. The lowest BCUT2D eigenvalue weighted by atomic mass is 10.0. The normalized spacial score (nSPS) is 11.8. The smallest absolute Gasteiger partial charge is 0.160 e. The molecule has 0 fully saturated rings. The van der Waals surface area contributed by atoms with Crippen LogP contribution >= 0.6 is 11.3 Å². The van der Waals surface area contributed by atoms with Crippen molar-refractivity contribution in [2.75, 3.05) is 0 Å². The van der Waals surface area contributed by atoms with Crippen LogP contribution in [0.2, 0.25) is 0 Å². The van der Waals surface area contributed by atoms with E-state index in [0.29, 0.717) is 0 Å². The Labute approximate surface area is 281 Å². The van der Waals surface area contributed by atoms with E-state index in [4.69, 9.17) is 9.97 Å². The maximum Gasteiger partial charge on any atom is 0.160 e. The summed E-state index contributed by atoms with van der Waals surface area (Å²) >= 11 is 1.78. The van der Waals surface area contributed by atoms with E-state index >= 15 is 0 Å².